The van der Waals surface area contributed by atoms with E-state index in [1.807, 2.05) is 0 Å². The highest BCUT2D eigenvalue weighted by Crippen LogP contribution is 2.05. The molecule has 0 aromatic rings. The molecule has 0 aliphatic carbocycles. The van der Waals surface area contributed by atoms with Gasteiger partial charge in [0.15, 0.2) is 0 Å². The van der Waals surface area contributed by atoms with E-state index in [2.05, 4.69) is 21.3 Å². The fourth-order valence-corrected chi connectivity index (χ4v) is 2.07. The Hall–Kier alpha value is -2.20. The van der Waals surface area contributed by atoms with Crippen LogP contribution in [0, 0.1) is 0 Å². The van der Waals surface area contributed by atoms with Gasteiger partial charge in [-0.3, -0.25) is 19.2 Å². The first-order chi connectivity index (χ1) is 10.8. The van der Waals surface area contributed by atoms with Crippen LogP contribution in [-0.4, -0.2) is 71.7 Å². The summed E-state index contributed by atoms with van der Waals surface area (Å²) in [5.41, 5.74) is 0. The molecule has 0 saturated carbocycles. The molecule has 0 bridgehead atoms. The highest BCUT2D eigenvalue weighted by molar-refractivity contribution is 5.93. The molecule has 1 fully saturated rings. The molecule has 130 valence electrons. The number of aliphatic hydroxyl groups is 1. The number of carboxylic acid groups (broad SMARTS) is 1. The van der Waals surface area contributed by atoms with Gasteiger partial charge in [0.05, 0.1) is 12.6 Å². The summed E-state index contributed by atoms with van der Waals surface area (Å²) in [6, 6.07) is -2.58. The van der Waals surface area contributed by atoms with Crippen molar-refractivity contribution < 1.29 is 29.4 Å². The van der Waals surface area contributed by atoms with Crippen molar-refractivity contribution in [2.45, 2.75) is 37.9 Å². The maximum Gasteiger partial charge on any atom is 0.322 e. The zero-order chi connectivity index (χ0) is 17.4. The number of hydrogen-bond donors (Lipinski definition) is 6. The molecule has 0 aromatic heterocycles. The Morgan fingerprint density at radius 3 is 2.43 bits per heavy atom. The Labute approximate surface area is 133 Å². The average molecular weight is 330 g/mol. The molecular formula is C13H22N4O6. The summed E-state index contributed by atoms with van der Waals surface area (Å²) in [6.45, 7) is 0.902. The molecule has 1 aliphatic heterocycles. The van der Waals surface area contributed by atoms with Gasteiger partial charge < -0.3 is 31.5 Å². The van der Waals surface area contributed by atoms with Gasteiger partial charge in [-0.15, -0.1) is 0 Å². The quantitative estimate of drug-likeness (QED) is 0.275. The Morgan fingerprint density at radius 1 is 1.22 bits per heavy atom. The van der Waals surface area contributed by atoms with E-state index < -0.39 is 49.1 Å². The summed E-state index contributed by atoms with van der Waals surface area (Å²) in [7, 11) is 0. The van der Waals surface area contributed by atoms with Gasteiger partial charge in [0.2, 0.25) is 17.7 Å². The molecule has 1 heterocycles. The minimum atomic E-state index is -1.21. The van der Waals surface area contributed by atoms with Crippen molar-refractivity contribution in [3.63, 3.8) is 0 Å². The van der Waals surface area contributed by atoms with Gasteiger partial charge >= 0.3 is 5.97 Å². The second-order valence-corrected chi connectivity index (χ2v) is 5.23. The number of amides is 3. The fraction of sp³-hybridized carbons (Fsp3) is 0.692. The second kappa shape index (κ2) is 9.06. The number of carboxylic acids is 1. The molecular weight excluding hydrogens is 308 g/mol. The van der Waals surface area contributed by atoms with Crippen molar-refractivity contribution in [3.05, 3.63) is 0 Å². The Morgan fingerprint density at radius 2 is 1.91 bits per heavy atom. The third-order valence-corrected chi connectivity index (χ3v) is 3.36. The molecule has 1 saturated heterocycles. The molecule has 3 unspecified atom stereocenters. The zero-order valence-electron chi connectivity index (χ0n) is 12.8. The molecule has 1 aliphatic rings. The minimum absolute atomic E-state index is 0.389. The monoisotopic (exact) mass is 330 g/mol. The zero-order valence-corrected chi connectivity index (χ0v) is 12.8. The van der Waals surface area contributed by atoms with Crippen molar-refractivity contribution in [3.8, 4) is 0 Å². The van der Waals surface area contributed by atoms with Crippen molar-refractivity contribution in [2.24, 2.45) is 0 Å². The third kappa shape index (κ3) is 6.20. The maximum atomic E-state index is 12.0. The van der Waals surface area contributed by atoms with Crippen molar-refractivity contribution in [1.29, 1.82) is 0 Å². The van der Waals surface area contributed by atoms with E-state index in [0.29, 0.717) is 6.42 Å². The van der Waals surface area contributed by atoms with Gasteiger partial charge in [0, 0.05) is 0 Å². The van der Waals surface area contributed by atoms with Crippen LogP contribution in [0.2, 0.25) is 0 Å². The Kier molecular flexibility index (Phi) is 7.42. The Bertz CT molecular complexity index is 463. The lowest BCUT2D eigenvalue weighted by Crippen LogP contribution is -2.56. The van der Waals surface area contributed by atoms with E-state index in [4.69, 9.17) is 5.11 Å². The van der Waals surface area contributed by atoms with E-state index in [1.54, 1.807) is 0 Å². The molecule has 6 N–H and O–H groups in total. The summed E-state index contributed by atoms with van der Waals surface area (Å²) in [5.74, 6) is -3.00. The van der Waals surface area contributed by atoms with Crippen LogP contribution in [0.4, 0.5) is 0 Å². The van der Waals surface area contributed by atoms with Crippen LogP contribution in [0.5, 0.6) is 0 Å². The predicted molar refractivity (Wildman–Crippen MR) is 78.3 cm³/mol. The molecule has 0 radical (unpaired) electrons. The average Bonchev–Trinajstić information content (AvgIpc) is 3.03. The standard InChI is InChI=1S/C13H22N4O6/c1-7(11(21)15-5-10(19)20)16-13(23)9(6-18)17-12(22)8-3-2-4-14-8/h7-9,14,18H,2-6H2,1H3,(H,15,21)(H,16,23)(H,17,22)(H,19,20). The smallest absolute Gasteiger partial charge is 0.322 e. The topological polar surface area (TPSA) is 157 Å². The summed E-state index contributed by atoms with van der Waals surface area (Å²) >= 11 is 0. The number of rotatable bonds is 8. The lowest BCUT2D eigenvalue weighted by molar-refractivity contribution is -0.138. The van der Waals surface area contributed by atoms with Gasteiger partial charge in [0.25, 0.3) is 0 Å². The molecule has 0 spiro atoms. The number of aliphatic carboxylic acids is 1. The van der Waals surface area contributed by atoms with Gasteiger partial charge in [-0.1, -0.05) is 0 Å². The van der Waals surface area contributed by atoms with E-state index in [-0.39, 0.29) is 5.91 Å². The van der Waals surface area contributed by atoms with Crippen molar-refractivity contribution in [1.82, 2.24) is 21.3 Å². The van der Waals surface area contributed by atoms with Crippen LogP contribution < -0.4 is 21.3 Å². The molecule has 1 rings (SSSR count). The van der Waals surface area contributed by atoms with E-state index in [9.17, 15) is 24.3 Å². The molecule has 23 heavy (non-hydrogen) atoms. The number of carbonyl (C=O) groups is 4. The fourth-order valence-electron chi connectivity index (χ4n) is 2.07. The summed E-state index contributed by atoms with van der Waals surface area (Å²) in [4.78, 5) is 45.8. The molecule has 10 heteroatoms. The van der Waals surface area contributed by atoms with Gasteiger partial charge in [0.1, 0.15) is 18.6 Å². The number of carbonyl (C=O) groups excluding carboxylic acids is 3. The molecule has 10 nitrogen and oxygen atoms in total. The van der Waals surface area contributed by atoms with Crippen molar-refractivity contribution >= 4 is 23.7 Å². The van der Waals surface area contributed by atoms with Crippen LogP contribution in [-0.2, 0) is 19.2 Å². The number of hydrogen-bond acceptors (Lipinski definition) is 6. The highest BCUT2D eigenvalue weighted by Gasteiger charge is 2.28. The minimum Gasteiger partial charge on any atom is -0.480 e. The van der Waals surface area contributed by atoms with Crippen LogP contribution in [0.1, 0.15) is 19.8 Å². The SMILES string of the molecule is CC(NC(=O)C(CO)NC(=O)C1CCCN1)C(=O)NCC(=O)O. The molecule has 3 amide bonds. The number of nitrogens with one attached hydrogen (secondary N) is 4. The maximum absolute atomic E-state index is 12.0. The van der Waals surface area contributed by atoms with Crippen molar-refractivity contribution in [2.75, 3.05) is 19.7 Å². The number of aliphatic hydroxyl groups excluding tert-OH is 1. The first-order valence-electron chi connectivity index (χ1n) is 7.29. The normalized spacial score (nSPS) is 19.5. The first kappa shape index (κ1) is 18.8. The largest absolute Gasteiger partial charge is 0.480 e. The highest BCUT2D eigenvalue weighted by atomic mass is 16.4. The Balaban J connectivity index is 2.47. The van der Waals surface area contributed by atoms with Crippen LogP contribution in [0.3, 0.4) is 0 Å². The summed E-state index contributed by atoms with van der Waals surface area (Å²) in [5, 5.41) is 27.5. The van der Waals surface area contributed by atoms with E-state index in [0.717, 1.165) is 13.0 Å². The molecule has 3 atom stereocenters. The van der Waals surface area contributed by atoms with Crippen LogP contribution in [0.25, 0.3) is 0 Å². The predicted octanol–water partition coefficient (Wildman–Crippen LogP) is -3.08. The first-order valence-corrected chi connectivity index (χ1v) is 7.29. The van der Waals surface area contributed by atoms with Gasteiger partial charge in [-0.25, -0.2) is 0 Å². The summed E-state index contributed by atoms with van der Waals surface area (Å²) < 4.78 is 0. The lowest BCUT2D eigenvalue weighted by Gasteiger charge is -2.21. The van der Waals surface area contributed by atoms with E-state index in [1.165, 1.54) is 6.92 Å². The molecule has 0 aromatic carbocycles. The van der Waals surface area contributed by atoms with Gasteiger partial charge in [-0.2, -0.15) is 0 Å². The lowest BCUT2D eigenvalue weighted by atomic mass is 10.2. The van der Waals surface area contributed by atoms with E-state index >= 15 is 0 Å². The van der Waals surface area contributed by atoms with Crippen LogP contribution >= 0.6 is 0 Å². The summed E-state index contributed by atoms with van der Waals surface area (Å²) in [6.07, 6.45) is 1.51. The third-order valence-electron chi connectivity index (χ3n) is 3.36. The van der Waals surface area contributed by atoms with Gasteiger partial charge in [-0.05, 0) is 26.3 Å². The van der Waals surface area contributed by atoms with Crippen LogP contribution in [0.15, 0.2) is 0 Å². The second-order valence-electron chi connectivity index (χ2n) is 5.23.